The van der Waals surface area contributed by atoms with Crippen molar-refractivity contribution in [1.29, 1.82) is 0 Å². The van der Waals surface area contributed by atoms with Crippen LogP contribution in [0, 0.1) is 17.0 Å². The van der Waals surface area contributed by atoms with Gasteiger partial charge in [-0.1, -0.05) is 6.07 Å². The SMILES string of the molecule is Cc1ccc(C(=O)N(Cc2nc(C(=O)NC(C)C)cs2)C(C)C)cc1[N+](=O)[O-]. The third-order valence-corrected chi connectivity index (χ3v) is 4.88. The van der Waals surface area contributed by atoms with Gasteiger partial charge in [-0.05, 0) is 40.7 Å². The molecule has 0 spiro atoms. The minimum Gasteiger partial charge on any atom is -0.349 e. The Morgan fingerprint density at radius 2 is 1.96 bits per heavy atom. The highest BCUT2D eigenvalue weighted by atomic mass is 32.1. The number of nitrogens with one attached hydrogen (secondary N) is 1. The second-order valence-electron chi connectivity index (χ2n) is 7.04. The third kappa shape index (κ3) is 5.13. The highest BCUT2D eigenvalue weighted by molar-refractivity contribution is 7.09. The van der Waals surface area contributed by atoms with E-state index >= 15 is 0 Å². The average molecular weight is 404 g/mol. The molecule has 9 heteroatoms. The molecule has 0 saturated carbocycles. The molecule has 28 heavy (non-hydrogen) atoms. The standard InChI is InChI=1S/C19H24N4O4S/c1-11(2)20-18(24)15-10-28-17(21-15)9-22(12(3)4)19(25)14-7-6-13(5)16(8-14)23(26)27/h6-8,10-12H,9H2,1-5H3,(H,20,24). The molecule has 0 saturated heterocycles. The lowest BCUT2D eigenvalue weighted by Crippen LogP contribution is -2.36. The number of benzene rings is 1. The van der Waals surface area contributed by atoms with E-state index in [0.29, 0.717) is 16.3 Å². The van der Waals surface area contributed by atoms with Crippen LogP contribution in [0.25, 0.3) is 0 Å². The van der Waals surface area contributed by atoms with Gasteiger partial charge in [-0.15, -0.1) is 11.3 Å². The molecule has 0 unspecified atom stereocenters. The predicted molar refractivity (Wildman–Crippen MR) is 108 cm³/mol. The van der Waals surface area contributed by atoms with E-state index in [1.807, 2.05) is 27.7 Å². The van der Waals surface area contributed by atoms with Crippen molar-refractivity contribution in [3.63, 3.8) is 0 Å². The number of hydrogen-bond acceptors (Lipinski definition) is 6. The zero-order valence-electron chi connectivity index (χ0n) is 16.6. The summed E-state index contributed by atoms with van der Waals surface area (Å²) < 4.78 is 0. The Bertz CT molecular complexity index is 892. The molecule has 0 fully saturated rings. The first kappa shape index (κ1) is 21.5. The van der Waals surface area contributed by atoms with E-state index in [0.717, 1.165) is 0 Å². The van der Waals surface area contributed by atoms with Gasteiger partial charge in [0.2, 0.25) is 0 Å². The van der Waals surface area contributed by atoms with Crippen LogP contribution in [-0.2, 0) is 6.54 Å². The van der Waals surface area contributed by atoms with Crippen LogP contribution in [0.3, 0.4) is 0 Å². The molecule has 1 heterocycles. The molecule has 1 aromatic carbocycles. The van der Waals surface area contributed by atoms with Gasteiger partial charge >= 0.3 is 0 Å². The number of thiazole rings is 1. The first-order valence-electron chi connectivity index (χ1n) is 8.91. The lowest BCUT2D eigenvalue weighted by molar-refractivity contribution is -0.385. The van der Waals surface area contributed by atoms with Crippen LogP contribution in [0.5, 0.6) is 0 Å². The Morgan fingerprint density at radius 1 is 1.29 bits per heavy atom. The molecule has 2 rings (SSSR count). The molecule has 2 aromatic rings. The van der Waals surface area contributed by atoms with Crippen LogP contribution < -0.4 is 5.32 Å². The van der Waals surface area contributed by atoms with E-state index in [4.69, 9.17) is 0 Å². The summed E-state index contributed by atoms with van der Waals surface area (Å²) in [5, 5.41) is 16.2. The van der Waals surface area contributed by atoms with Gasteiger partial charge < -0.3 is 10.2 Å². The fourth-order valence-electron chi connectivity index (χ4n) is 2.56. The molecule has 1 N–H and O–H groups in total. The van der Waals surface area contributed by atoms with Crippen molar-refractivity contribution in [3.8, 4) is 0 Å². The quantitative estimate of drug-likeness (QED) is 0.561. The molecule has 0 bridgehead atoms. The van der Waals surface area contributed by atoms with E-state index in [9.17, 15) is 19.7 Å². The molecule has 0 atom stereocenters. The highest BCUT2D eigenvalue weighted by Gasteiger charge is 2.23. The largest absolute Gasteiger partial charge is 0.349 e. The molecule has 2 amide bonds. The predicted octanol–water partition coefficient (Wildman–Crippen LogP) is 3.55. The highest BCUT2D eigenvalue weighted by Crippen LogP contribution is 2.22. The third-order valence-electron chi connectivity index (χ3n) is 4.05. The van der Waals surface area contributed by atoms with Crippen molar-refractivity contribution in [2.75, 3.05) is 0 Å². The van der Waals surface area contributed by atoms with Gasteiger partial charge in [-0.25, -0.2) is 4.98 Å². The van der Waals surface area contributed by atoms with Gasteiger partial charge in [0.1, 0.15) is 10.7 Å². The van der Waals surface area contributed by atoms with Gasteiger partial charge in [0, 0.05) is 34.7 Å². The number of hydrogen-bond donors (Lipinski definition) is 1. The number of carbonyl (C=O) groups is 2. The maximum atomic E-state index is 13.0. The number of amides is 2. The van der Waals surface area contributed by atoms with Gasteiger partial charge in [-0.3, -0.25) is 19.7 Å². The van der Waals surface area contributed by atoms with E-state index < -0.39 is 4.92 Å². The lowest BCUT2D eigenvalue weighted by atomic mass is 10.1. The van der Waals surface area contributed by atoms with Crippen LogP contribution in [0.15, 0.2) is 23.6 Å². The number of nitro groups is 1. The Morgan fingerprint density at radius 3 is 2.54 bits per heavy atom. The van der Waals surface area contributed by atoms with Gasteiger partial charge in [0.25, 0.3) is 17.5 Å². The Hall–Kier alpha value is -2.81. The van der Waals surface area contributed by atoms with E-state index in [2.05, 4.69) is 10.3 Å². The van der Waals surface area contributed by atoms with Crippen molar-refractivity contribution in [3.05, 3.63) is 55.5 Å². The maximum absolute atomic E-state index is 13.0. The lowest BCUT2D eigenvalue weighted by Gasteiger charge is -2.26. The Kier molecular flexibility index (Phi) is 6.85. The maximum Gasteiger partial charge on any atom is 0.273 e. The van der Waals surface area contributed by atoms with Crippen molar-refractivity contribution in [1.82, 2.24) is 15.2 Å². The molecule has 150 valence electrons. The first-order chi connectivity index (χ1) is 13.1. The zero-order valence-corrected chi connectivity index (χ0v) is 17.4. The number of carbonyl (C=O) groups excluding carboxylic acids is 2. The van der Waals surface area contributed by atoms with Crippen molar-refractivity contribution in [2.45, 2.75) is 53.2 Å². The Labute approximate surface area is 167 Å². The summed E-state index contributed by atoms with van der Waals surface area (Å²) in [6, 6.07) is 4.31. The fourth-order valence-corrected chi connectivity index (χ4v) is 3.34. The number of aromatic nitrogens is 1. The minimum atomic E-state index is -0.494. The van der Waals surface area contributed by atoms with Gasteiger partial charge in [-0.2, -0.15) is 0 Å². The summed E-state index contributed by atoms with van der Waals surface area (Å²) in [7, 11) is 0. The van der Waals surface area contributed by atoms with Crippen LogP contribution in [0.4, 0.5) is 5.69 Å². The van der Waals surface area contributed by atoms with Crippen LogP contribution in [0.2, 0.25) is 0 Å². The fraction of sp³-hybridized carbons (Fsp3) is 0.421. The molecule has 0 aliphatic carbocycles. The number of nitrogens with zero attached hydrogens (tertiary/aromatic N) is 3. The molecule has 0 aliphatic heterocycles. The van der Waals surface area contributed by atoms with E-state index in [1.54, 1.807) is 29.3 Å². The molecule has 0 aliphatic rings. The Balaban J connectivity index is 2.23. The monoisotopic (exact) mass is 404 g/mol. The molecular weight excluding hydrogens is 380 g/mol. The summed E-state index contributed by atoms with van der Waals surface area (Å²) in [5.41, 5.74) is 0.978. The van der Waals surface area contributed by atoms with Crippen LogP contribution >= 0.6 is 11.3 Å². The second kappa shape index (κ2) is 8.92. The van der Waals surface area contributed by atoms with Crippen LogP contribution in [0.1, 0.15) is 59.1 Å². The van der Waals surface area contributed by atoms with Crippen molar-refractivity contribution < 1.29 is 14.5 Å². The average Bonchev–Trinajstić information content (AvgIpc) is 3.07. The summed E-state index contributed by atoms with van der Waals surface area (Å²) in [5.74, 6) is -0.574. The van der Waals surface area contributed by atoms with Gasteiger partial charge in [0.05, 0.1) is 11.5 Å². The molecule has 0 radical (unpaired) electrons. The van der Waals surface area contributed by atoms with Gasteiger partial charge in [0.15, 0.2) is 0 Å². The number of nitro benzene ring substituents is 1. The minimum absolute atomic E-state index is 0.00344. The summed E-state index contributed by atoms with van der Waals surface area (Å²) in [6.07, 6.45) is 0. The smallest absolute Gasteiger partial charge is 0.273 e. The second-order valence-corrected chi connectivity index (χ2v) is 7.98. The number of aryl methyl sites for hydroxylation is 1. The molecule has 1 aromatic heterocycles. The molecule has 8 nitrogen and oxygen atoms in total. The van der Waals surface area contributed by atoms with E-state index in [1.165, 1.54) is 17.4 Å². The summed E-state index contributed by atoms with van der Waals surface area (Å²) in [4.78, 5) is 41.6. The summed E-state index contributed by atoms with van der Waals surface area (Å²) >= 11 is 1.30. The van der Waals surface area contributed by atoms with E-state index in [-0.39, 0.29) is 41.7 Å². The van der Waals surface area contributed by atoms with Crippen molar-refractivity contribution >= 4 is 28.8 Å². The normalized spacial score (nSPS) is 11.0. The topological polar surface area (TPSA) is 105 Å². The summed E-state index contributed by atoms with van der Waals surface area (Å²) in [6.45, 7) is 9.31. The first-order valence-corrected chi connectivity index (χ1v) is 9.79. The zero-order chi connectivity index (χ0) is 21.0. The van der Waals surface area contributed by atoms with Crippen molar-refractivity contribution in [2.24, 2.45) is 0 Å². The number of rotatable bonds is 7. The molecular formula is C19H24N4O4S. The van der Waals surface area contributed by atoms with Crippen LogP contribution in [-0.4, -0.2) is 38.7 Å².